The second kappa shape index (κ2) is 6.85. The van der Waals surface area contributed by atoms with E-state index in [1.165, 1.54) is 6.07 Å². The molecular weight excluding hydrogens is 303 g/mol. The molecule has 21 heavy (non-hydrogen) atoms. The monoisotopic (exact) mass is 321 g/mol. The number of nitrogens with one attached hydrogen (secondary N) is 1. The van der Waals surface area contributed by atoms with Crippen LogP contribution in [-0.2, 0) is 6.18 Å². The van der Waals surface area contributed by atoms with E-state index in [2.05, 4.69) is 22.2 Å². The van der Waals surface area contributed by atoms with Crippen molar-refractivity contribution < 1.29 is 13.2 Å². The molecule has 0 saturated carbocycles. The van der Waals surface area contributed by atoms with Crippen molar-refractivity contribution in [3.63, 3.8) is 0 Å². The lowest BCUT2D eigenvalue weighted by Crippen LogP contribution is -2.45. The van der Waals surface area contributed by atoms with Gasteiger partial charge in [0.2, 0.25) is 0 Å². The van der Waals surface area contributed by atoms with E-state index in [9.17, 15) is 13.2 Å². The first-order valence-electron chi connectivity index (χ1n) is 6.88. The largest absolute Gasteiger partial charge is 0.416 e. The van der Waals surface area contributed by atoms with Gasteiger partial charge < -0.3 is 10.2 Å². The van der Waals surface area contributed by atoms with Crippen LogP contribution in [0.5, 0.6) is 0 Å². The first-order valence-corrected chi connectivity index (χ1v) is 7.25. The fourth-order valence-electron chi connectivity index (χ4n) is 2.25. The van der Waals surface area contributed by atoms with Crippen molar-refractivity contribution in [3.05, 3.63) is 28.8 Å². The van der Waals surface area contributed by atoms with Crippen molar-refractivity contribution in [2.24, 2.45) is 0 Å². The van der Waals surface area contributed by atoms with Crippen molar-refractivity contribution in [3.8, 4) is 0 Å². The molecule has 3 nitrogen and oxygen atoms in total. The first-order chi connectivity index (χ1) is 9.86. The molecule has 1 fully saturated rings. The number of alkyl halides is 3. The van der Waals surface area contributed by atoms with Crippen LogP contribution in [-0.4, -0.2) is 56.1 Å². The molecule has 0 bridgehead atoms. The lowest BCUT2D eigenvalue weighted by molar-refractivity contribution is -0.137. The van der Waals surface area contributed by atoms with E-state index in [4.69, 9.17) is 11.6 Å². The van der Waals surface area contributed by atoms with E-state index in [1.54, 1.807) is 0 Å². The third-order valence-corrected chi connectivity index (χ3v) is 3.95. The summed E-state index contributed by atoms with van der Waals surface area (Å²) in [6.07, 6.45) is -4.36. The summed E-state index contributed by atoms with van der Waals surface area (Å²) in [5, 5.41) is 3.20. The Kier molecular flexibility index (Phi) is 5.35. The molecule has 1 aromatic carbocycles. The molecule has 1 N–H and O–H groups in total. The topological polar surface area (TPSA) is 18.5 Å². The van der Waals surface area contributed by atoms with Crippen molar-refractivity contribution >= 4 is 17.3 Å². The van der Waals surface area contributed by atoms with Crippen LogP contribution in [0, 0.1) is 0 Å². The van der Waals surface area contributed by atoms with Crippen molar-refractivity contribution in [1.82, 2.24) is 9.80 Å². The van der Waals surface area contributed by atoms with Crippen molar-refractivity contribution in [2.75, 3.05) is 51.6 Å². The second-order valence-corrected chi connectivity index (χ2v) is 5.67. The van der Waals surface area contributed by atoms with Gasteiger partial charge in [0.15, 0.2) is 0 Å². The SMILES string of the molecule is CN1CCN(CCNc2ccc(C(F)(F)F)cc2Cl)CC1. The molecule has 1 heterocycles. The van der Waals surface area contributed by atoms with E-state index in [-0.39, 0.29) is 5.02 Å². The fourth-order valence-corrected chi connectivity index (χ4v) is 2.50. The third-order valence-electron chi connectivity index (χ3n) is 3.64. The predicted molar refractivity (Wildman–Crippen MR) is 78.9 cm³/mol. The molecule has 0 unspecified atom stereocenters. The Labute approximate surface area is 127 Å². The first kappa shape index (κ1) is 16.4. The molecule has 1 saturated heterocycles. The van der Waals surface area contributed by atoms with Gasteiger partial charge in [-0.25, -0.2) is 0 Å². The number of piperazine rings is 1. The maximum absolute atomic E-state index is 12.5. The van der Waals surface area contributed by atoms with Gasteiger partial charge in [-0.15, -0.1) is 0 Å². The highest BCUT2D eigenvalue weighted by molar-refractivity contribution is 6.33. The van der Waals surface area contributed by atoms with Gasteiger partial charge in [0, 0.05) is 39.3 Å². The van der Waals surface area contributed by atoms with Crippen LogP contribution in [0.2, 0.25) is 5.02 Å². The predicted octanol–water partition coefficient (Wildman–Crippen LogP) is 3.02. The number of hydrogen-bond acceptors (Lipinski definition) is 3. The van der Waals surface area contributed by atoms with Crippen LogP contribution in [0.1, 0.15) is 5.56 Å². The van der Waals surface area contributed by atoms with Gasteiger partial charge in [-0.1, -0.05) is 11.6 Å². The Morgan fingerprint density at radius 1 is 1.19 bits per heavy atom. The lowest BCUT2D eigenvalue weighted by Gasteiger charge is -2.32. The number of anilines is 1. The number of benzene rings is 1. The van der Waals surface area contributed by atoms with E-state index < -0.39 is 11.7 Å². The molecule has 0 aliphatic carbocycles. The summed E-state index contributed by atoms with van der Waals surface area (Å²) in [7, 11) is 2.09. The molecule has 0 aromatic heterocycles. The van der Waals surface area contributed by atoms with Gasteiger partial charge in [-0.05, 0) is 25.2 Å². The normalized spacial score (nSPS) is 18.0. The van der Waals surface area contributed by atoms with E-state index >= 15 is 0 Å². The number of rotatable bonds is 4. The maximum Gasteiger partial charge on any atom is 0.416 e. The summed E-state index contributed by atoms with van der Waals surface area (Å²) in [6.45, 7) is 5.62. The Bertz CT molecular complexity index is 471. The van der Waals surface area contributed by atoms with Crippen LogP contribution < -0.4 is 5.32 Å². The Morgan fingerprint density at radius 3 is 2.43 bits per heavy atom. The minimum atomic E-state index is -4.36. The highest BCUT2D eigenvalue weighted by Gasteiger charge is 2.30. The summed E-state index contributed by atoms with van der Waals surface area (Å²) in [5.41, 5.74) is -0.184. The van der Waals surface area contributed by atoms with Crippen LogP contribution >= 0.6 is 11.6 Å². The zero-order chi connectivity index (χ0) is 15.5. The van der Waals surface area contributed by atoms with Crippen molar-refractivity contribution in [2.45, 2.75) is 6.18 Å². The number of hydrogen-bond donors (Lipinski definition) is 1. The Morgan fingerprint density at radius 2 is 1.86 bits per heavy atom. The zero-order valence-electron chi connectivity index (χ0n) is 11.9. The summed E-state index contributed by atoms with van der Waals surface area (Å²) in [5.74, 6) is 0. The van der Waals surface area contributed by atoms with Gasteiger partial charge in [0.1, 0.15) is 0 Å². The number of halogens is 4. The average molecular weight is 322 g/mol. The molecule has 0 amide bonds. The minimum Gasteiger partial charge on any atom is -0.383 e. The molecule has 118 valence electrons. The Balaban J connectivity index is 1.83. The van der Waals surface area contributed by atoms with Crippen molar-refractivity contribution in [1.29, 1.82) is 0 Å². The second-order valence-electron chi connectivity index (χ2n) is 5.26. The van der Waals surface area contributed by atoms with Gasteiger partial charge in [0.25, 0.3) is 0 Å². The highest BCUT2D eigenvalue weighted by Crippen LogP contribution is 2.33. The summed E-state index contributed by atoms with van der Waals surface area (Å²) >= 11 is 5.89. The van der Waals surface area contributed by atoms with Crippen LogP contribution in [0.25, 0.3) is 0 Å². The van der Waals surface area contributed by atoms with Crippen LogP contribution in [0.3, 0.4) is 0 Å². The summed E-state index contributed by atoms with van der Waals surface area (Å²) < 4.78 is 37.6. The lowest BCUT2D eigenvalue weighted by atomic mass is 10.2. The zero-order valence-corrected chi connectivity index (χ0v) is 12.6. The van der Waals surface area contributed by atoms with E-state index in [0.29, 0.717) is 12.2 Å². The number of likely N-dealkylation sites (N-methyl/N-ethyl adjacent to an activating group) is 1. The van der Waals surface area contributed by atoms with Crippen LogP contribution in [0.4, 0.5) is 18.9 Å². The van der Waals surface area contributed by atoms with Gasteiger partial charge in [-0.2, -0.15) is 13.2 Å². The smallest absolute Gasteiger partial charge is 0.383 e. The molecular formula is C14H19ClF3N3. The number of nitrogens with zero attached hydrogens (tertiary/aromatic N) is 2. The molecule has 2 rings (SSSR count). The third kappa shape index (κ3) is 4.76. The quantitative estimate of drug-likeness (QED) is 0.919. The highest BCUT2D eigenvalue weighted by atomic mass is 35.5. The fraction of sp³-hybridized carbons (Fsp3) is 0.571. The molecule has 7 heteroatoms. The maximum atomic E-state index is 12.5. The minimum absolute atomic E-state index is 0.100. The van der Waals surface area contributed by atoms with Crippen LogP contribution in [0.15, 0.2) is 18.2 Å². The molecule has 0 atom stereocenters. The molecule has 0 radical (unpaired) electrons. The standard InChI is InChI=1S/C14H19ClF3N3/c1-20-6-8-21(9-7-20)5-4-19-13-3-2-11(10-12(13)15)14(16,17)18/h2-3,10,19H,4-9H2,1H3. The molecule has 0 spiro atoms. The van der Waals surface area contributed by atoms with E-state index in [1.807, 2.05) is 0 Å². The van der Waals surface area contributed by atoms with Gasteiger partial charge >= 0.3 is 6.18 Å². The molecule has 1 aromatic rings. The van der Waals surface area contributed by atoms with Gasteiger partial charge in [0.05, 0.1) is 16.3 Å². The average Bonchev–Trinajstić information content (AvgIpc) is 2.41. The molecule has 1 aliphatic rings. The summed E-state index contributed by atoms with van der Waals surface area (Å²) in [6, 6.07) is 3.39. The van der Waals surface area contributed by atoms with Gasteiger partial charge in [-0.3, -0.25) is 4.90 Å². The summed E-state index contributed by atoms with van der Waals surface area (Å²) in [4.78, 5) is 4.60. The Hall–Kier alpha value is -0.980. The molecule has 1 aliphatic heterocycles. The van der Waals surface area contributed by atoms with E-state index in [0.717, 1.165) is 44.9 Å².